The van der Waals surface area contributed by atoms with Crippen LogP contribution in [0.5, 0.6) is 5.75 Å². The fraction of sp³-hybridized carbons (Fsp3) is 0.111. The highest BCUT2D eigenvalue weighted by Crippen LogP contribution is 2.17. The van der Waals surface area contributed by atoms with Gasteiger partial charge in [-0.25, -0.2) is 4.57 Å². The summed E-state index contributed by atoms with van der Waals surface area (Å²) in [5.74, 6) is 0.142. The fourth-order valence-electron chi connectivity index (χ4n) is 2.43. The molecule has 0 saturated carbocycles. The van der Waals surface area contributed by atoms with Crippen LogP contribution in [0, 0.1) is 6.92 Å². The largest absolute Gasteiger partial charge is 0.484 e. The number of anilines is 1. The Hall–Kier alpha value is -3.08. The van der Waals surface area contributed by atoms with Gasteiger partial charge in [-0.05, 0) is 42.6 Å². The predicted molar refractivity (Wildman–Crippen MR) is 89.9 cm³/mol. The summed E-state index contributed by atoms with van der Waals surface area (Å²) < 4.78 is 6.58. The lowest BCUT2D eigenvalue weighted by molar-refractivity contribution is 0.0838. The summed E-state index contributed by atoms with van der Waals surface area (Å²) in [6, 6.07) is 15.9. The molecule has 2 aromatic carbocycles. The van der Waals surface area contributed by atoms with Crippen LogP contribution in [0.25, 0.3) is 10.9 Å². The number of carbonyl (C=O) groups is 1. The predicted octanol–water partition coefficient (Wildman–Crippen LogP) is 2.61. The molecule has 0 aliphatic rings. The Bertz CT molecular complexity index is 930. The molecule has 0 saturated heterocycles. The van der Waals surface area contributed by atoms with Crippen LogP contribution in [-0.2, 0) is 0 Å². The molecule has 1 heterocycles. The zero-order valence-electron chi connectivity index (χ0n) is 12.7. The van der Waals surface area contributed by atoms with Crippen molar-refractivity contribution in [2.45, 2.75) is 6.92 Å². The number of fused-ring (bicyclic) bond motifs is 1. The molecule has 3 rings (SSSR count). The Morgan fingerprint density at radius 2 is 1.87 bits per heavy atom. The average Bonchev–Trinajstić information content (AvgIpc) is 2.55. The minimum Gasteiger partial charge on any atom is -0.484 e. The Balaban J connectivity index is 2.01. The van der Waals surface area contributed by atoms with E-state index >= 15 is 0 Å². The summed E-state index contributed by atoms with van der Waals surface area (Å²) in [6.07, 6.45) is 0. The normalized spacial score (nSPS) is 10.7. The average molecular weight is 308 g/mol. The summed E-state index contributed by atoms with van der Waals surface area (Å²) >= 11 is 0. The Morgan fingerprint density at radius 1 is 1.13 bits per heavy atom. The van der Waals surface area contributed by atoms with Gasteiger partial charge in [0, 0.05) is 11.3 Å². The van der Waals surface area contributed by atoms with Crippen LogP contribution in [0.4, 0.5) is 5.69 Å². The van der Waals surface area contributed by atoms with E-state index in [1.54, 1.807) is 43.3 Å². The van der Waals surface area contributed by atoms with Crippen molar-refractivity contribution in [3.05, 3.63) is 70.5 Å². The van der Waals surface area contributed by atoms with Gasteiger partial charge in [-0.3, -0.25) is 9.59 Å². The number of nitrogens with zero attached hydrogens (tertiary/aromatic N) is 1. The quantitative estimate of drug-likeness (QED) is 0.755. The van der Waals surface area contributed by atoms with Crippen LogP contribution >= 0.6 is 0 Å². The summed E-state index contributed by atoms with van der Waals surface area (Å²) in [4.78, 5) is 24.9. The molecule has 5 nitrogen and oxygen atoms in total. The maximum absolute atomic E-state index is 12.5. The van der Waals surface area contributed by atoms with Crippen molar-refractivity contribution >= 4 is 22.5 Å². The molecule has 0 aliphatic heterocycles. The number of aromatic nitrogens is 1. The third-order valence-electron chi connectivity index (χ3n) is 3.56. The third-order valence-corrected chi connectivity index (χ3v) is 3.56. The lowest BCUT2D eigenvalue weighted by Crippen LogP contribution is -2.32. The fourth-order valence-corrected chi connectivity index (χ4v) is 2.43. The number of hydrogen-bond acceptors (Lipinski definition) is 4. The zero-order chi connectivity index (χ0) is 16.4. The zero-order valence-corrected chi connectivity index (χ0v) is 12.7. The number of aryl methyl sites for hydroxylation is 1. The van der Waals surface area contributed by atoms with Gasteiger partial charge in [0.15, 0.2) is 6.61 Å². The van der Waals surface area contributed by atoms with Gasteiger partial charge in [0.25, 0.3) is 11.5 Å². The Morgan fingerprint density at radius 3 is 2.61 bits per heavy atom. The van der Waals surface area contributed by atoms with E-state index in [0.29, 0.717) is 22.5 Å². The van der Waals surface area contributed by atoms with Crippen LogP contribution in [0.3, 0.4) is 0 Å². The van der Waals surface area contributed by atoms with Gasteiger partial charge in [0.2, 0.25) is 0 Å². The van der Waals surface area contributed by atoms with Gasteiger partial charge in [0.05, 0.1) is 5.52 Å². The maximum Gasteiger partial charge on any atom is 0.271 e. The first-order valence-corrected chi connectivity index (χ1v) is 7.19. The van der Waals surface area contributed by atoms with Crippen molar-refractivity contribution in [1.82, 2.24) is 4.57 Å². The van der Waals surface area contributed by atoms with Gasteiger partial charge >= 0.3 is 0 Å². The van der Waals surface area contributed by atoms with E-state index in [0.717, 1.165) is 9.95 Å². The second-order valence-electron chi connectivity index (χ2n) is 5.28. The van der Waals surface area contributed by atoms with Crippen molar-refractivity contribution in [3.8, 4) is 5.75 Å². The summed E-state index contributed by atoms with van der Waals surface area (Å²) in [5, 5.41) is 0.782. The monoisotopic (exact) mass is 308 g/mol. The van der Waals surface area contributed by atoms with E-state index in [9.17, 15) is 9.59 Å². The lowest BCUT2D eigenvalue weighted by Gasteiger charge is -2.12. The van der Waals surface area contributed by atoms with Gasteiger partial charge in [0.1, 0.15) is 5.75 Å². The van der Waals surface area contributed by atoms with Crippen molar-refractivity contribution in [1.29, 1.82) is 0 Å². The van der Waals surface area contributed by atoms with Crippen LogP contribution < -0.4 is 16.0 Å². The molecule has 0 unspecified atom stereocenters. The first-order chi connectivity index (χ1) is 11.1. The molecule has 3 aromatic rings. The molecule has 116 valence electrons. The lowest BCUT2D eigenvalue weighted by atomic mass is 10.1. The van der Waals surface area contributed by atoms with E-state index < -0.39 is 5.91 Å². The smallest absolute Gasteiger partial charge is 0.271 e. The van der Waals surface area contributed by atoms with E-state index in [4.69, 9.17) is 10.5 Å². The molecule has 2 N–H and O–H groups in total. The highest BCUT2D eigenvalue weighted by molar-refractivity contribution is 5.93. The second-order valence-corrected chi connectivity index (χ2v) is 5.28. The van der Waals surface area contributed by atoms with Gasteiger partial charge in [-0.15, -0.1) is 0 Å². The minimum absolute atomic E-state index is 0.225. The van der Waals surface area contributed by atoms with Crippen LogP contribution in [-0.4, -0.2) is 17.1 Å². The number of hydrogen-bond donors (Lipinski definition) is 1. The molecule has 5 heteroatoms. The summed E-state index contributed by atoms with van der Waals surface area (Å²) in [5.41, 5.74) is 6.91. The van der Waals surface area contributed by atoms with E-state index in [2.05, 4.69) is 0 Å². The van der Waals surface area contributed by atoms with E-state index in [1.165, 1.54) is 0 Å². The minimum atomic E-state index is -0.432. The van der Waals surface area contributed by atoms with Crippen molar-refractivity contribution < 1.29 is 9.53 Å². The van der Waals surface area contributed by atoms with Crippen molar-refractivity contribution in [2.24, 2.45) is 0 Å². The van der Waals surface area contributed by atoms with Crippen molar-refractivity contribution in [2.75, 3.05) is 12.3 Å². The molecule has 0 bridgehead atoms. The van der Waals surface area contributed by atoms with Gasteiger partial charge in [-0.1, -0.05) is 24.3 Å². The number of carbonyl (C=O) groups excluding carboxylic acids is 1. The standard InChI is InChI=1S/C18H16N2O3/c1-12-9-13-7-8-14(19)10-16(13)20(18(12)22)17(21)11-23-15-5-3-2-4-6-15/h2-10H,11,19H2,1H3. The number of rotatable bonds is 3. The number of pyridine rings is 1. The van der Waals surface area contributed by atoms with Crippen LogP contribution in [0.2, 0.25) is 0 Å². The molecule has 0 radical (unpaired) electrons. The van der Waals surface area contributed by atoms with Crippen LogP contribution in [0.1, 0.15) is 10.4 Å². The first kappa shape index (κ1) is 14.8. The summed E-state index contributed by atoms with van der Waals surface area (Å²) in [7, 11) is 0. The number of benzene rings is 2. The van der Waals surface area contributed by atoms with Gasteiger partial charge in [-0.2, -0.15) is 0 Å². The SMILES string of the molecule is Cc1cc2ccc(N)cc2n(C(=O)COc2ccccc2)c1=O. The molecule has 0 spiro atoms. The first-order valence-electron chi connectivity index (χ1n) is 7.19. The molecule has 1 aromatic heterocycles. The molecular weight excluding hydrogens is 292 g/mol. The Labute approximate surface area is 132 Å². The molecule has 0 atom stereocenters. The molecule has 0 amide bonds. The highest BCUT2D eigenvalue weighted by atomic mass is 16.5. The topological polar surface area (TPSA) is 74.3 Å². The number of ether oxygens (including phenoxy) is 1. The van der Waals surface area contributed by atoms with E-state index in [-0.39, 0.29) is 12.2 Å². The third kappa shape index (κ3) is 2.94. The van der Waals surface area contributed by atoms with Crippen LogP contribution in [0.15, 0.2) is 59.4 Å². The molecule has 0 fully saturated rings. The number of para-hydroxylation sites is 1. The van der Waals surface area contributed by atoms with Gasteiger partial charge < -0.3 is 10.5 Å². The molecule has 23 heavy (non-hydrogen) atoms. The maximum atomic E-state index is 12.5. The molecular formula is C18H16N2O3. The molecule has 0 aliphatic carbocycles. The number of nitrogens with two attached hydrogens (primary N) is 1. The summed E-state index contributed by atoms with van der Waals surface area (Å²) in [6.45, 7) is 1.46. The van der Waals surface area contributed by atoms with E-state index in [1.807, 2.05) is 18.2 Å². The Kier molecular flexibility index (Phi) is 3.85. The van der Waals surface area contributed by atoms with Crippen molar-refractivity contribution in [3.63, 3.8) is 0 Å². The highest BCUT2D eigenvalue weighted by Gasteiger charge is 2.14. The second kappa shape index (κ2) is 5.96. The number of nitrogen functional groups attached to an aromatic ring is 1.